The minimum Gasteiger partial charge on any atom is -0.472 e. The fraction of sp³-hybridized carbons (Fsp3) is 0.269. The Balaban J connectivity index is 1.63. The highest BCUT2D eigenvalue weighted by atomic mass is 35.5. The number of nitrogens with zero attached hydrogens (tertiary/aromatic N) is 4. The lowest BCUT2D eigenvalue weighted by Crippen LogP contribution is -2.47. The predicted molar refractivity (Wildman–Crippen MR) is 139 cm³/mol. The van der Waals surface area contributed by atoms with Crippen LogP contribution in [-0.2, 0) is 12.8 Å². The number of hydrogen-bond acceptors (Lipinski definition) is 7. The molecule has 1 aliphatic heterocycles. The van der Waals surface area contributed by atoms with Gasteiger partial charge in [0, 0.05) is 36.1 Å². The molecule has 198 valence electrons. The molecule has 2 aromatic carbocycles. The highest BCUT2D eigenvalue weighted by Crippen LogP contribution is 2.39. The second-order valence-corrected chi connectivity index (χ2v) is 9.95. The van der Waals surface area contributed by atoms with E-state index in [0.717, 1.165) is 42.5 Å². The number of ether oxygens (including phenoxy) is 1. The summed E-state index contributed by atoms with van der Waals surface area (Å²) in [6.07, 6.45) is 2.17. The van der Waals surface area contributed by atoms with E-state index in [-0.39, 0.29) is 17.4 Å². The van der Waals surface area contributed by atoms with Crippen molar-refractivity contribution in [3.63, 3.8) is 0 Å². The normalized spacial score (nSPS) is 14.2. The molecule has 12 heteroatoms. The molecule has 1 fully saturated rings. The van der Waals surface area contributed by atoms with E-state index in [1.807, 2.05) is 11.0 Å². The molecular weight excluding hydrogens is 539 g/mol. The first kappa shape index (κ1) is 27.6. The number of rotatable bonds is 8. The van der Waals surface area contributed by atoms with Crippen molar-refractivity contribution in [2.45, 2.75) is 22.6 Å². The molecule has 0 spiro atoms. The summed E-state index contributed by atoms with van der Waals surface area (Å²) in [5.74, 6) is 2.13. The van der Waals surface area contributed by atoms with Crippen molar-refractivity contribution in [3.8, 4) is 18.2 Å². The van der Waals surface area contributed by atoms with E-state index in [4.69, 9.17) is 28.5 Å². The van der Waals surface area contributed by atoms with Gasteiger partial charge in [0.2, 0.25) is 17.7 Å². The van der Waals surface area contributed by atoms with E-state index >= 15 is 0 Å². The monoisotopic (exact) mass is 561 g/mol. The Morgan fingerprint density at radius 1 is 1.18 bits per heavy atom. The van der Waals surface area contributed by atoms with Gasteiger partial charge < -0.3 is 15.4 Å². The molecule has 0 atom stereocenters. The number of amides is 1. The number of carbonyl (C=O) groups is 1. The number of alkyl halides is 3. The molecule has 7 nitrogen and oxygen atoms in total. The van der Waals surface area contributed by atoms with Gasteiger partial charge in [0.1, 0.15) is 6.61 Å². The van der Waals surface area contributed by atoms with Crippen LogP contribution in [0.4, 0.5) is 19.1 Å². The molecule has 0 bridgehead atoms. The maximum atomic E-state index is 13.6. The van der Waals surface area contributed by atoms with Gasteiger partial charge in [-0.25, -0.2) is 4.98 Å². The summed E-state index contributed by atoms with van der Waals surface area (Å²) in [5.41, 5.74) is 4.22. The Bertz CT molecular complexity index is 1360. The van der Waals surface area contributed by atoms with Crippen LogP contribution in [0.15, 0.2) is 58.5 Å². The van der Waals surface area contributed by atoms with Crippen molar-refractivity contribution < 1.29 is 22.7 Å². The molecule has 0 aliphatic carbocycles. The van der Waals surface area contributed by atoms with E-state index in [1.165, 1.54) is 12.3 Å². The Hall–Kier alpha value is -3.46. The average molecular weight is 562 g/mol. The molecule has 38 heavy (non-hydrogen) atoms. The van der Waals surface area contributed by atoms with Crippen LogP contribution in [0.2, 0.25) is 5.02 Å². The number of carbonyl (C=O) groups excluding carboxylic acids is 1. The van der Waals surface area contributed by atoms with Crippen LogP contribution in [-0.4, -0.2) is 53.5 Å². The third-order valence-corrected chi connectivity index (χ3v) is 6.96. The Kier molecular flexibility index (Phi) is 8.66. The fourth-order valence-corrected chi connectivity index (χ4v) is 4.93. The summed E-state index contributed by atoms with van der Waals surface area (Å²) < 4.78 is 46.8. The van der Waals surface area contributed by atoms with Gasteiger partial charge in [-0.3, -0.25) is 9.69 Å². The fourth-order valence-electron chi connectivity index (χ4n) is 3.85. The Morgan fingerprint density at radius 3 is 2.61 bits per heavy atom. The van der Waals surface area contributed by atoms with Crippen molar-refractivity contribution in [1.29, 1.82) is 0 Å². The second-order valence-electron chi connectivity index (χ2n) is 8.40. The lowest BCUT2D eigenvalue weighted by atomic mass is 10.1. The molecule has 0 unspecified atom stereocenters. The van der Waals surface area contributed by atoms with Gasteiger partial charge in [-0.2, -0.15) is 18.2 Å². The van der Waals surface area contributed by atoms with Crippen LogP contribution in [0, 0.1) is 12.3 Å². The zero-order chi connectivity index (χ0) is 27.3. The van der Waals surface area contributed by atoms with Crippen molar-refractivity contribution in [3.05, 3.63) is 70.4 Å². The largest absolute Gasteiger partial charge is 0.472 e. The third kappa shape index (κ3) is 6.89. The number of aromatic nitrogens is 2. The second kappa shape index (κ2) is 11.9. The topological polar surface area (TPSA) is 84.6 Å². The molecule has 0 saturated carbocycles. The summed E-state index contributed by atoms with van der Waals surface area (Å²) in [4.78, 5) is 25.3. The number of halogens is 4. The SMILES string of the molecule is C#CCN1CCN(c2ncc(Sc3ccc(C(N)=O)c(C(F)(F)F)c3)c(OCc3cccc(Cl)c3)n2)CC1. The number of hydrogen-bond donors (Lipinski definition) is 1. The Morgan fingerprint density at radius 2 is 1.95 bits per heavy atom. The molecule has 1 aliphatic rings. The summed E-state index contributed by atoms with van der Waals surface area (Å²) >= 11 is 7.07. The van der Waals surface area contributed by atoms with E-state index < -0.39 is 23.2 Å². The summed E-state index contributed by atoms with van der Waals surface area (Å²) in [6, 6.07) is 10.4. The molecule has 0 radical (unpaired) electrons. The lowest BCUT2D eigenvalue weighted by molar-refractivity contribution is -0.138. The minimum atomic E-state index is -4.76. The van der Waals surface area contributed by atoms with Crippen molar-refractivity contribution in [2.75, 3.05) is 37.6 Å². The van der Waals surface area contributed by atoms with Crippen molar-refractivity contribution in [1.82, 2.24) is 14.9 Å². The van der Waals surface area contributed by atoms with Gasteiger partial charge in [0.05, 0.1) is 28.8 Å². The molecule has 2 heterocycles. The van der Waals surface area contributed by atoms with Crippen LogP contribution in [0.5, 0.6) is 5.88 Å². The first-order valence-electron chi connectivity index (χ1n) is 11.5. The quantitative estimate of drug-likeness (QED) is 0.398. The first-order chi connectivity index (χ1) is 18.1. The third-order valence-electron chi connectivity index (χ3n) is 5.73. The van der Waals surface area contributed by atoms with Crippen LogP contribution in [0.3, 0.4) is 0 Å². The molecule has 1 aromatic heterocycles. The van der Waals surface area contributed by atoms with Crippen molar-refractivity contribution >= 4 is 35.2 Å². The summed E-state index contributed by atoms with van der Waals surface area (Å²) in [5, 5.41) is 0.545. The zero-order valence-electron chi connectivity index (χ0n) is 20.0. The van der Waals surface area contributed by atoms with Gasteiger partial charge >= 0.3 is 6.18 Å². The number of terminal acetylenes is 1. The molecule has 4 rings (SSSR count). The van der Waals surface area contributed by atoms with E-state index in [9.17, 15) is 18.0 Å². The number of nitrogens with two attached hydrogens (primary N) is 1. The van der Waals surface area contributed by atoms with Gasteiger partial charge in [-0.05, 0) is 35.9 Å². The van der Waals surface area contributed by atoms with Crippen molar-refractivity contribution in [2.24, 2.45) is 5.73 Å². The van der Waals surface area contributed by atoms with Gasteiger partial charge in [-0.1, -0.05) is 41.4 Å². The summed E-state index contributed by atoms with van der Waals surface area (Å²) in [6.45, 7) is 3.50. The van der Waals surface area contributed by atoms with Crippen LogP contribution in [0.25, 0.3) is 0 Å². The van der Waals surface area contributed by atoms with Crippen LogP contribution < -0.4 is 15.4 Å². The lowest BCUT2D eigenvalue weighted by Gasteiger charge is -2.33. The van der Waals surface area contributed by atoms with Gasteiger partial charge in [0.25, 0.3) is 0 Å². The average Bonchev–Trinajstić information content (AvgIpc) is 2.88. The number of primary amides is 1. The maximum absolute atomic E-state index is 13.6. The van der Waals surface area contributed by atoms with Gasteiger partial charge in [0.15, 0.2) is 0 Å². The van der Waals surface area contributed by atoms with E-state index in [1.54, 1.807) is 18.2 Å². The summed E-state index contributed by atoms with van der Waals surface area (Å²) in [7, 11) is 0. The predicted octanol–water partition coefficient (Wildman–Crippen LogP) is 4.73. The molecule has 1 amide bonds. The maximum Gasteiger partial charge on any atom is 0.417 e. The number of benzene rings is 2. The number of piperazine rings is 1. The van der Waals surface area contributed by atoms with E-state index in [2.05, 4.69) is 20.8 Å². The molecule has 1 saturated heterocycles. The smallest absolute Gasteiger partial charge is 0.417 e. The molecule has 2 N–H and O–H groups in total. The van der Waals surface area contributed by atoms with Gasteiger partial charge in [-0.15, -0.1) is 6.42 Å². The zero-order valence-corrected chi connectivity index (χ0v) is 21.6. The minimum absolute atomic E-state index is 0.134. The standard InChI is InChI=1S/C26H23ClF3N5O2S/c1-2-8-34-9-11-35(12-10-34)25-32-15-22(24(33-25)37-16-17-4-3-5-18(27)13-17)38-19-6-7-20(23(31)36)21(14-19)26(28,29)30/h1,3-7,13-15H,8-12,16H2,(H2,31,36). The molecule has 3 aromatic rings. The van der Waals surface area contributed by atoms with E-state index in [0.29, 0.717) is 35.5 Å². The van der Waals surface area contributed by atoms with Crippen LogP contribution in [0.1, 0.15) is 21.5 Å². The Labute approximate surface area is 227 Å². The highest BCUT2D eigenvalue weighted by Gasteiger charge is 2.35. The highest BCUT2D eigenvalue weighted by molar-refractivity contribution is 7.99. The van der Waals surface area contributed by atoms with Crippen LogP contribution >= 0.6 is 23.4 Å². The number of anilines is 1. The molecular formula is C26H23ClF3N5O2S. The first-order valence-corrected chi connectivity index (χ1v) is 12.7.